The standard InChI is InChI=1S/C27H38N4O3S2/c1-7-16-30(17-8-2)36(33,34)23-13-11-22(12-14-23)26(32)31(19-9-18-29(5)6)27-28-25-21(4)20(3)10-15-24(25)35-27/h10-15H,7-9,16-19H2,1-6H3. The fourth-order valence-corrected chi connectivity index (χ4v) is 6.76. The molecule has 0 saturated heterocycles. The predicted molar refractivity (Wildman–Crippen MR) is 150 cm³/mol. The molecule has 0 fully saturated rings. The van der Waals surface area contributed by atoms with E-state index in [9.17, 15) is 13.2 Å². The van der Waals surface area contributed by atoms with Gasteiger partial charge >= 0.3 is 0 Å². The van der Waals surface area contributed by atoms with Crippen molar-refractivity contribution in [3.8, 4) is 0 Å². The third-order valence-electron chi connectivity index (χ3n) is 6.22. The van der Waals surface area contributed by atoms with Gasteiger partial charge in [0.2, 0.25) is 10.0 Å². The van der Waals surface area contributed by atoms with Crippen molar-refractivity contribution in [2.24, 2.45) is 0 Å². The van der Waals surface area contributed by atoms with Gasteiger partial charge < -0.3 is 4.90 Å². The highest BCUT2D eigenvalue weighted by atomic mass is 32.2. The molecule has 9 heteroatoms. The van der Waals surface area contributed by atoms with Crippen LogP contribution < -0.4 is 4.90 Å². The molecule has 0 spiro atoms. The zero-order chi connectivity index (χ0) is 26.5. The number of thiazole rings is 1. The van der Waals surface area contributed by atoms with E-state index in [-0.39, 0.29) is 10.8 Å². The third kappa shape index (κ3) is 6.32. The molecule has 0 aliphatic heterocycles. The van der Waals surface area contributed by atoms with Gasteiger partial charge in [0, 0.05) is 25.2 Å². The molecule has 1 amide bonds. The molecule has 3 rings (SSSR count). The van der Waals surface area contributed by atoms with Crippen molar-refractivity contribution in [1.29, 1.82) is 0 Å². The molecular weight excluding hydrogens is 492 g/mol. The minimum atomic E-state index is -3.60. The highest BCUT2D eigenvalue weighted by Crippen LogP contribution is 2.33. The topological polar surface area (TPSA) is 73.8 Å². The Hall–Kier alpha value is -2.33. The second-order valence-electron chi connectivity index (χ2n) is 9.39. The SMILES string of the molecule is CCCN(CCC)S(=O)(=O)c1ccc(C(=O)N(CCCN(C)C)c2nc3c(C)c(C)ccc3s2)cc1. The number of hydrogen-bond donors (Lipinski definition) is 0. The van der Waals surface area contributed by atoms with Crippen LogP contribution in [0.1, 0.15) is 54.6 Å². The summed E-state index contributed by atoms with van der Waals surface area (Å²) in [5, 5.41) is 0.663. The van der Waals surface area contributed by atoms with Crippen LogP contribution in [0.25, 0.3) is 10.2 Å². The second-order valence-corrected chi connectivity index (χ2v) is 12.3. The molecule has 3 aromatic rings. The van der Waals surface area contributed by atoms with Crippen molar-refractivity contribution in [2.75, 3.05) is 45.2 Å². The third-order valence-corrected chi connectivity index (χ3v) is 9.18. The number of benzene rings is 2. The minimum absolute atomic E-state index is 0.176. The molecule has 0 radical (unpaired) electrons. The van der Waals surface area contributed by atoms with Gasteiger partial charge in [0.05, 0.1) is 15.1 Å². The number of fused-ring (bicyclic) bond motifs is 1. The summed E-state index contributed by atoms with van der Waals surface area (Å²) < 4.78 is 28.8. The maximum Gasteiger partial charge on any atom is 0.260 e. The largest absolute Gasteiger partial charge is 0.309 e. The number of hydrogen-bond acceptors (Lipinski definition) is 6. The Morgan fingerprint density at radius 1 is 0.917 bits per heavy atom. The van der Waals surface area contributed by atoms with Gasteiger partial charge in [-0.2, -0.15) is 4.31 Å². The van der Waals surface area contributed by atoms with Crippen LogP contribution in [0, 0.1) is 13.8 Å². The van der Waals surface area contributed by atoms with Crippen molar-refractivity contribution in [3.63, 3.8) is 0 Å². The summed E-state index contributed by atoms with van der Waals surface area (Å²) in [4.78, 5) is 22.5. The van der Waals surface area contributed by atoms with Crippen LogP contribution in [-0.4, -0.2) is 68.8 Å². The summed E-state index contributed by atoms with van der Waals surface area (Å²) in [5.74, 6) is -0.176. The van der Waals surface area contributed by atoms with E-state index in [0.29, 0.717) is 30.3 Å². The zero-order valence-electron chi connectivity index (χ0n) is 22.2. The molecular formula is C27H38N4O3S2. The maximum atomic E-state index is 13.7. The predicted octanol–water partition coefficient (Wildman–Crippen LogP) is 5.32. The fourth-order valence-electron chi connectivity index (χ4n) is 4.08. The van der Waals surface area contributed by atoms with E-state index in [4.69, 9.17) is 4.98 Å². The summed E-state index contributed by atoms with van der Waals surface area (Å²) in [5.41, 5.74) is 3.66. The Morgan fingerprint density at radius 3 is 2.14 bits per heavy atom. The Labute approximate surface area is 219 Å². The lowest BCUT2D eigenvalue weighted by molar-refractivity contribution is 0.0986. The van der Waals surface area contributed by atoms with Crippen molar-refractivity contribution < 1.29 is 13.2 Å². The summed E-state index contributed by atoms with van der Waals surface area (Å²) in [6.07, 6.45) is 2.29. The lowest BCUT2D eigenvalue weighted by Gasteiger charge is -2.22. The highest BCUT2D eigenvalue weighted by molar-refractivity contribution is 7.89. The zero-order valence-corrected chi connectivity index (χ0v) is 23.9. The Bertz CT molecular complexity index is 1280. The van der Waals surface area contributed by atoms with E-state index >= 15 is 0 Å². The fraction of sp³-hybridized carbons (Fsp3) is 0.481. The van der Waals surface area contributed by atoms with Gasteiger partial charge in [-0.3, -0.25) is 9.69 Å². The molecule has 36 heavy (non-hydrogen) atoms. The number of amides is 1. The van der Waals surface area contributed by atoms with Crippen molar-refractivity contribution >= 4 is 42.6 Å². The van der Waals surface area contributed by atoms with Gasteiger partial charge in [0.25, 0.3) is 5.91 Å². The molecule has 2 aromatic carbocycles. The van der Waals surface area contributed by atoms with E-state index in [1.165, 1.54) is 21.2 Å². The van der Waals surface area contributed by atoms with Crippen LogP contribution in [0.2, 0.25) is 0 Å². The average molecular weight is 531 g/mol. The number of nitrogens with zero attached hydrogens (tertiary/aromatic N) is 4. The van der Waals surface area contributed by atoms with Gasteiger partial charge in [-0.1, -0.05) is 31.3 Å². The summed E-state index contributed by atoms with van der Waals surface area (Å²) in [6.45, 7) is 10.4. The molecule has 1 aromatic heterocycles. The number of rotatable bonds is 12. The normalized spacial score (nSPS) is 12.1. The van der Waals surface area contributed by atoms with Crippen LogP contribution in [-0.2, 0) is 10.0 Å². The first-order valence-electron chi connectivity index (χ1n) is 12.5. The smallest absolute Gasteiger partial charge is 0.260 e. The van der Waals surface area contributed by atoms with Gasteiger partial charge in [0.15, 0.2) is 5.13 Å². The quantitative estimate of drug-likeness (QED) is 0.317. The number of aryl methyl sites for hydroxylation is 2. The molecule has 0 aliphatic carbocycles. The van der Waals surface area contributed by atoms with Crippen molar-refractivity contribution in [2.45, 2.75) is 51.9 Å². The second kappa shape index (κ2) is 12.3. The summed E-state index contributed by atoms with van der Waals surface area (Å²) >= 11 is 1.51. The number of carbonyl (C=O) groups excluding carboxylic acids is 1. The van der Waals surface area contributed by atoms with Gasteiger partial charge in [-0.05, 0) is 95.2 Å². The molecule has 196 valence electrons. The van der Waals surface area contributed by atoms with E-state index in [2.05, 4.69) is 30.9 Å². The van der Waals surface area contributed by atoms with Gasteiger partial charge in [-0.25, -0.2) is 13.4 Å². The molecule has 0 atom stereocenters. The molecule has 0 bridgehead atoms. The molecule has 0 unspecified atom stereocenters. The summed E-state index contributed by atoms with van der Waals surface area (Å²) in [6, 6.07) is 10.5. The lowest BCUT2D eigenvalue weighted by atomic mass is 10.1. The van der Waals surface area contributed by atoms with Gasteiger partial charge in [-0.15, -0.1) is 0 Å². The number of aromatic nitrogens is 1. The molecule has 0 saturated carbocycles. The first-order valence-corrected chi connectivity index (χ1v) is 14.8. The molecule has 0 N–H and O–H groups in total. The Balaban J connectivity index is 1.93. The number of sulfonamides is 1. The average Bonchev–Trinajstić information content (AvgIpc) is 3.28. The first kappa shape index (κ1) is 28.2. The first-order chi connectivity index (χ1) is 17.1. The monoisotopic (exact) mass is 530 g/mol. The lowest BCUT2D eigenvalue weighted by Crippen LogP contribution is -2.34. The highest BCUT2D eigenvalue weighted by Gasteiger charge is 2.25. The molecule has 1 heterocycles. The van der Waals surface area contributed by atoms with Crippen molar-refractivity contribution in [1.82, 2.24) is 14.2 Å². The minimum Gasteiger partial charge on any atom is -0.309 e. The maximum absolute atomic E-state index is 13.7. The van der Waals surface area contributed by atoms with Crippen LogP contribution in [0.5, 0.6) is 0 Å². The van der Waals surface area contributed by atoms with Crippen LogP contribution in [0.3, 0.4) is 0 Å². The molecule has 0 aliphatic rings. The number of anilines is 1. The molecule has 7 nitrogen and oxygen atoms in total. The van der Waals surface area contributed by atoms with Crippen LogP contribution in [0.4, 0.5) is 5.13 Å². The van der Waals surface area contributed by atoms with Crippen LogP contribution in [0.15, 0.2) is 41.3 Å². The van der Waals surface area contributed by atoms with Gasteiger partial charge in [0.1, 0.15) is 0 Å². The summed E-state index contributed by atoms with van der Waals surface area (Å²) in [7, 11) is 0.421. The Morgan fingerprint density at radius 2 is 1.56 bits per heavy atom. The van der Waals surface area contributed by atoms with Crippen LogP contribution >= 0.6 is 11.3 Å². The number of carbonyl (C=O) groups is 1. The van der Waals surface area contributed by atoms with E-state index in [1.807, 2.05) is 27.9 Å². The van der Waals surface area contributed by atoms with E-state index in [0.717, 1.165) is 41.6 Å². The van der Waals surface area contributed by atoms with E-state index < -0.39 is 10.0 Å². The van der Waals surface area contributed by atoms with Crippen molar-refractivity contribution in [3.05, 3.63) is 53.1 Å². The Kier molecular flexibility index (Phi) is 9.63. The van der Waals surface area contributed by atoms with E-state index in [1.54, 1.807) is 29.2 Å².